The van der Waals surface area contributed by atoms with Crippen LogP contribution in [-0.2, 0) is 0 Å². The predicted octanol–water partition coefficient (Wildman–Crippen LogP) is 12.6. The number of nitrogens with zero attached hydrogens (tertiary/aromatic N) is 3. The van der Waals surface area contributed by atoms with Crippen LogP contribution in [0.2, 0.25) is 0 Å². The number of halogens is 1. The third-order valence-electron chi connectivity index (χ3n) is 14.4. The van der Waals surface area contributed by atoms with Crippen molar-refractivity contribution in [2.24, 2.45) is 5.73 Å². The second-order valence-electron chi connectivity index (χ2n) is 18.3. The number of hydrogen-bond acceptors (Lipinski definition) is 2. The van der Waals surface area contributed by atoms with Gasteiger partial charge in [0.25, 0.3) is 0 Å². The van der Waals surface area contributed by atoms with Gasteiger partial charge in [-0.15, -0.1) is 0 Å². The normalized spacial score (nSPS) is 13.0. The summed E-state index contributed by atoms with van der Waals surface area (Å²) in [6.07, 6.45) is -0.425. The summed E-state index contributed by atoms with van der Waals surface area (Å²) >= 11 is -0.284. The molecule has 13 aromatic rings. The van der Waals surface area contributed by atoms with Crippen LogP contribution >= 0.6 is 0 Å². The Morgan fingerprint density at radius 2 is 1.10 bits per heavy atom. The Hall–Kier alpha value is -7.55. The molecule has 0 bridgehead atoms. The van der Waals surface area contributed by atoms with Gasteiger partial charge in [0.05, 0.1) is 16.7 Å². The van der Waals surface area contributed by atoms with E-state index in [2.05, 4.69) is 246 Å². The van der Waals surface area contributed by atoms with Crippen molar-refractivity contribution in [3.63, 3.8) is 0 Å². The summed E-state index contributed by atoms with van der Waals surface area (Å²) in [5.41, 5.74) is 18.1. The van der Waals surface area contributed by atoms with E-state index in [-0.39, 0.29) is 27.2 Å². The quantitative estimate of drug-likeness (QED) is 0.0642. The van der Waals surface area contributed by atoms with Crippen molar-refractivity contribution >= 4 is 86.7 Å². The van der Waals surface area contributed by atoms with Gasteiger partial charge in [-0.05, 0) is 34.4 Å². The monoisotopic (exact) mass is 999 g/mol. The van der Waals surface area contributed by atoms with Gasteiger partial charge in [0.2, 0.25) is 0 Å². The molecule has 4 nitrogen and oxygen atoms in total. The van der Waals surface area contributed by atoms with Crippen LogP contribution in [0.15, 0.2) is 237 Å². The van der Waals surface area contributed by atoms with Gasteiger partial charge in [-0.25, -0.2) is 0 Å². The van der Waals surface area contributed by atoms with Crippen molar-refractivity contribution in [2.75, 3.05) is 11.5 Å². The summed E-state index contributed by atoms with van der Waals surface area (Å²) in [6.45, 7) is 4.81. The van der Waals surface area contributed by atoms with Crippen LogP contribution in [0, 0.1) is 3.57 Å². The SMILES string of the molecule is C=C(C[I-]c1ccccc1)C(c1ccc2ccccc2c1)N(C)C(N)c1ccc(-n2c3cc4ccccc4cc3c3c(-n4c5ccccc5c5ccc6ccccc6c54)cccc32)c2ccccc12. The minimum atomic E-state index is -0.425. The summed E-state index contributed by atoms with van der Waals surface area (Å²) in [7, 11) is 2.18. The summed E-state index contributed by atoms with van der Waals surface area (Å²) < 4.78 is 7.39. The van der Waals surface area contributed by atoms with Gasteiger partial charge < -0.3 is 4.57 Å². The van der Waals surface area contributed by atoms with Gasteiger partial charge in [-0.1, -0.05) is 84.9 Å². The van der Waals surface area contributed by atoms with Crippen LogP contribution in [0.5, 0.6) is 0 Å². The molecule has 2 atom stereocenters. The molecule has 0 spiro atoms. The summed E-state index contributed by atoms with van der Waals surface area (Å²) in [6, 6.07) is 82.3. The Morgan fingerprint density at radius 1 is 0.478 bits per heavy atom. The van der Waals surface area contributed by atoms with Crippen LogP contribution < -0.4 is 26.9 Å². The maximum atomic E-state index is 7.60. The maximum absolute atomic E-state index is 7.60. The van der Waals surface area contributed by atoms with Crippen LogP contribution in [0.3, 0.4) is 0 Å². The van der Waals surface area contributed by atoms with E-state index in [1.807, 2.05) is 0 Å². The number of nitrogens with two attached hydrogens (primary N) is 1. The Kier molecular flexibility index (Phi) is 10.2. The zero-order chi connectivity index (χ0) is 46.2. The number of para-hydroxylation sites is 1. The molecular weight excluding hydrogens is 952 g/mol. The molecule has 332 valence electrons. The molecule has 13 rings (SSSR count). The molecule has 0 fully saturated rings. The number of alkyl halides is 1. The molecule has 0 saturated carbocycles. The molecule has 2 aromatic heterocycles. The molecule has 5 heteroatoms. The van der Waals surface area contributed by atoms with Crippen molar-refractivity contribution in [2.45, 2.75) is 12.2 Å². The molecule has 0 saturated heterocycles. The molecular formula is C64H48IN4-. The predicted molar refractivity (Wildman–Crippen MR) is 288 cm³/mol. The van der Waals surface area contributed by atoms with E-state index >= 15 is 0 Å². The van der Waals surface area contributed by atoms with E-state index in [1.165, 1.54) is 79.6 Å². The van der Waals surface area contributed by atoms with Gasteiger partial charge in [-0.2, -0.15) is 0 Å². The van der Waals surface area contributed by atoms with E-state index < -0.39 is 6.17 Å². The average molecular weight is 1000 g/mol. The average Bonchev–Trinajstić information content (AvgIpc) is 3.92. The second-order valence-corrected chi connectivity index (χ2v) is 21.1. The molecule has 0 radical (unpaired) electrons. The van der Waals surface area contributed by atoms with Crippen molar-refractivity contribution in [1.82, 2.24) is 14.0 Å². The van der Waals surface area contributed by atoms with Gasteiger partial charge in [0.1, 0.15) is 0 Å². The first kappa shape index (κ1) is 41.6. The molecule has 2 N–H and O–H groups in total. The van der Waals surface area contributed by atoms with Gasteiger partial charge in [-0.3, -0.25) is 0 Å². The molecule has 2 heterocycles. The van der Waals surface area contributed by atoms with Gasteiger partial charge in [0.15, 0.2) is 0 Å². The molecule has 11 aromatic carbocycles. The zero-order valence-electron chi connectivity index (χ0n) is 38.2. The van der Waals surface area contributed by atoms with Crippen molar-refractivity contribution < 1.29 is 21.2 Å². The van der Waals surface area contributed by atoms with Crippen molar-refractivity contribution in [1.29, 1.82) is 0 Å². The first-order chi connectivity index (χ1) is 34.0. The Bertz CT molecular complexity index is 4160. The summed E-state index contributed by atoms with van der Waals surface area (Å²) in [5, 5.41) is 14.5. The minimum absolute atomic E-state index is 0.0894. The van der Waals surface area contributed by atoms with E-state index in [4.69, 9.17) is 12.3 Å². The first-order valence-electron chi connectivity index (χ1n) is 23.7. The molecule has 0 aliphatic carbocycles. The fraction of sp³-hybridized carbons (Fsp3) is 0.0625. The van der Waals surface area contributed by atoms with Crippen LogP contribution in [0.4, 0.5) is 0 Å². The van der Waals surface area contributed by atoms with E-state index in [0.29, 0.717) is 0 Å². The molecule has 0 aliphatic heterocycles. The molecule has 0 amide bonds. The Labute approximate surface area is 411 Å². The summed E-state index contributed by atoms with van der Waals surface area (Å²) in [5.74, 6) is 0. The number of aromatic nitrogens is 2. The summed E-state index contributed by atoms with van der Waals surface area (Å²) in [4.78, 5) is 2.34. The van der Waals surface area contributed by atoms with Crippen LogP contribution in [0.25, 0.3) is 98.1 Å². The molecule has 0 aliphatic rings. The topological polar surface area (TPSA) is 39.1 Å². The van der Waals surface area contributed by atoms with Crippen LogP contribution in [-0.4, -0.2) is 25.5 Å². The third-order valence-corrected chi connectivity index (χ3v) is 17.3. The Balaban J connectivity index is 1.00. The van der Waals surface area contributed by atoms with E-state index in [0.717, 1.165) is 43.2 Å². The number of fused-ring (bicyclic) bond motifs is 11. The van der Waals surface area contributed by atoms with E-state index in [9.17, 15) is 0 Å². The fourth-order valence-corrected chi connectivity index (χ4v) is 13.4. The fourth-order valence-electron chi connectivity index (χ4n) is 11.2. The number of rotatable bonds is 10. The second kappa shape index (κ2) is 16.9. The standard InChI is InChI=1S/C64H48IN4/c1-41(40-65-48-22-4-3-5-23-48)62(47-32-31-42-17-6-7-19-44(42)37-47)67(2)64(66)54-35-36-57(51-26-13-12-25-50(51)54)68-58-29-16-30-59(61(58)55-38-45-20-8-9-21-46(45)39-60(55)68)69-56-28-15-14-27-52(56)53-34-33-43-18-10-11-24-49(43)63(53)69/h3-39,62,64H,1,40,66H2,2H3/q-1. The van der Waals surface area contributed by atoms with Crippen molar-refractivity contribution in [3.05, 3.63) is 251 Å². The third kappa shape index (κ3) is 6.86. The van der Waals surface area contributed by atoms with E-state index in [1.54, 1.807) is 0 Å². The molecule has 2 unspecified atom stereocenters. The van der Waals surface area contributed by atoms with Crippen molar-refractivity contribution in [3.8, 4) is 11.4 Å². The zero-order valence-corrected chi connectivity index (χ0v) is 40.4. The van der Waals surface area contributed by atoms with Crippen LogP contribution in [0.1, 0.15) is 23.3 Å². The Morgan fingerprint density at radius 3 is 1.90 bits per heavy atom. The number of benzene rings is 11. The first-order valence-corrected chi connectivity index (χ1v) is 26.3. The number of likely N-dealkylation sites (N-methyl/N-ethyl adjacent to an activating group) is 1. The van der Waals surface area contributed by atoms with Gasteiger partial charge >= 0.3 is 257 Å². The number of hydrogen-bond donors (Lipinski definition) is 1. The van der Waals surface area contributed by atoms with Gasteiger partial charge in [0, 0.05) is 16.2 Å². The molecule has 69 heavy (non-hydrogen) atoms.